The summed E-state index contributed by atoms with van der Waals surface area (Å²) in [6.07, 6.45) is 5.35. The van der Waals surface area contributed by atoms with Crippen LogP contribution in [0.5, 0.6) is 0 Å². The summed E-state index contributed by atoms with van der Waals surface area (Å²) < 4.78 is 0. The number of nitrogens with zero attached hydrogens (tertiary/aromatic N) is 1. The molecule has 1 aromatic carbocycles. The third kappa shape index (κ3) is 3.49. The predicted molar refractivity (Wildman–Crippen MR) is 92.5 cm³/mol. The summed E-state index contributed by atoms with van der Waals surface area (Å²) in [7, 11) is 3.57. The molecule has 0 saturated carbocycles. The Bertz CT molecular complexity index is 685. The van der Waals surface area contributed by atoms with E-state index in [1.54, 1.807) is 19.2 Å². The smallest absolute Gasteiger partial charge is 0.251 e. The highest BCUT2D eigenvalue weighted by atomic mass is 16.2. The average molecular weight is 342 g/mol. The molecule has 1 unspecified atom stereocenters. The van der Waals surface area contributed by atoms with Crippen LogP contribution in [0, 0.1) is 11.8 Å². The molecule has 3 amide bonds. The van der Waals surface area contributed by atoms with Gasteiger partial charge in [0.15, 0.2) is 6.67 Å². The lowest BCUT2D eigenvalue weighted by atomic mass is 9.85. The minimum absolute atomic E-state index is 0.0336. The van der Waals surface area contributed by atoms with Crippen LogP contribution < -0.4 is 10.2 Å². The molecule has 1 aliphatic heterocycles. The first-order valence-electron chi connectivity index (χ1n) is 8.63. The summed E-state index contributed by atoms with van der Waals surface area (Å²) in [4.78, 5) is 39.1. The molecule has 0 bridgehead atoms. The normalized spacial score (nSPS) is 23.5. The number of benzene rings is 1. The van der Waals surface area contributed by atoms with Crippen LogP contribution in [0.4, 0.5) is 0 Å². The van der Waals surface area contributed by atoms with Crippen LogP contribution in [0.25, 0.3) is 0 Å². The highest BCUT2D eigenvalue weighted by Gasteiger charge is 2.48. The summed E-state index contributed by atoms with van der Waals surface area (Å²) in [6.45, 7) is 1.06. The molecule has 1 aromatic rings. The number of carbonyl (C=O) groups is 3. The van der Waals surface area contributed by atoms with E-state index in [1.807, 2.05) is 31.3 Å². The van der Waals surface area contributed by atoms with Crippen LogP contribution in [0.1, 0.15) is 28.8 Å². The molecule has 6 nitrogen and oxygen atoms in total. The maximum atomic E-state index is 12.5. The maximum Gasteiger partial charge on any atom is 0.251 e. The van der Waals surface area contributed by atoms with E-state index >= 15 is 0 Å². The summed E-state index contributed by atoms with van der Waals surface area (Å²) in [5, 5.41) is 2.59. The van der Waals surface area contributed by atoms with E-state index < -0.39 is 0 Å². The minimum Gasteiger partial charge on any atom is -0.355 e. The number of imide groups is 1. The Morgan fingerprint density at radius 1 is 1.12 bits per heavy atom. The Hall–Kier alpha value is -2.47. The number of quaternary nitrogens is 1. The average Bonchev–Trinajstić information content (AvgIpc) is 2.87. The van der Waals surface area contributed by atoms with Crippen LogP contribution >= 0.6 is 0 Å². The van der Waals surface area contributed by atoms with Crippen molar-refractivity contribution in [2.75, 3.05) is 20.8 Å². The lowest BCUT2D eigenvalue weighted by Crippen LogP contribution is -3.09. The van der Waals surface area contributed by atoms with Crippen LogP contribution in [-0.4, -0.2) is 43.4 Å². The van der Waals surface area contributed by atoms with Gasteiger partial charge in [-0.3, -0.25) is 14.4 Å². The molecule has 0 aromatic heterocycles. The van der Waals surface area contributed by atoms with Crippen molar-refractivity contribution in [1.29, 1.82) is 0 Å². The van der Waals surface area contributed by atoms with Crippen molar-refractivity contribution in [3.8, 4) is 0 Å². The van der Waals surface area contributed by atoms with E-state index in [2.05, 4.69) is 5.32 Å². The van der Waals surface area contributed by atoms with Gasteiger partial charge in [0.25, 0.3) is 5.91 Å². The van der Waals surface area contributed by atoms with Gasteiger partial charge < -0.3 is 10.2 Å². The number of amides is 3. The summed E-state index contributed by atoms with van der Waals surface area (Å²) in [5.41, 5.74) is 1.67. The van der Waals surface area contributed by atoms with Gasteiger partial charge in [-0.15, -0.1) is 0 Å². The zero-order valence-electron chi connectivity index (χ0n) is 14.6. The first kappa shape index (κ1) is 17.4. The number of likely N-dealkylation sites (tertiary alicyclic amines) is 1. The van der Waals surface area contributed by atoms with Crippen molar-refractivity contribution >= 4 is 17.7 Å². The Morgan fingerprint density at radius 2 is 1.68 bits per heavy atom. The Labute approximate surface area is 147 Å². The number of hydrogen-bond acceptors (Lipinski definition) is 3. The molecule has 6 heteroatoms. The molecule has 1 heterocycles. The number of rotatable bonds is 5. The minimum atomic E-state index is -0.169. The maximum absolute atomic E-state index is 12.5. The summed E-state index contributed by atoms with van der Waals surface area (Å²) >= 11 is 0. The van der Waals surface area contributed by atoms with Crippen molar-refractivity contribution in [2.45, 2.75) is 19.4 Å². The zero-order valence-corrected chi connectivity index (χ0v) is 14.6. The molecule has 25 heavy (non-hydrogen) atoms. The van der Waals surface area contributed by atoms with Crippen molar-refractivity contribution in [1.82, 2.24) is 10.2 Å². The van der Waals surface area contributed by atoms with Gasteiger partial charge >= 0.3 is 0 Å². The Kier molecular flexibility index (Phi) is 4.99. The lowest BCUT2D eigenvalue weighted by Gasteiger charge is -2.20. The fourth-order valence-electron chi connectivity index (χ4n) is 3.62. The molecule has 3 atom stereocenters. The SMILES string of the molecule is CNC(=O)c1ccc(C[NH+](C)CN2C(=O)[C@H]3CC=CC[C@H]3C2=O)cc1. The van der Waals surface area contributed by atoms with E-state index in [1.165, 1.54) is 4.90 Å². The van der Waals surface area contributed by atoms with Gasteiger partial charge in [0, 0.05) is 18.2 Å². The van der Waals surface area contributed by atoms with E-state index in [-0.39, 0.29) is 29.6 Å². The highest BCUT2D eigenvalue weighted by Crippen LogP contribution is 2.34. The number of carbonyl (C=O) groups excluding carboxylic acids is 3. The molecule has 1 saturated heterocycles. The van der Waals surface area contributed by atoms with Crippen molar-refractivity contribution in [2.24, 2.45) is 11.8 Å². The van der Waals surface area contributed by atoms with Gasteiger partial charge in [0.05, 0.1) is 18.9 Å². The molecule has 1 aliphatic carbocycles. The van der Waals surface area contributed by atoms with Gasteiger partial charge in [-0.25, -0.2) is 4.90 Å². The third-order valence-electron chi connectivity index (χ3n) is 4.98. The van der Waals surface area contributed by atoms with Gasteiger partial charge in [-0.05, 0) is 25.0 Å². The quantitative estimate of drug-likeness (QED) is 0.583. The second-order valence-corrected chi connectivity index (χ2v) is 6.83. The van der Waals surface area contributed by atoms with E-state index in [0.717, 1.165) is 10.5 Å². The third-order valence-corrected chi connectivity index (χ3v) is 4.98. The summed E-state index contributed by atoms with van der Waals surface area (Å²) in [5.74, 6) is -0.520. The number of fused-ring (bicyclic) bond motifs is 1. The molecular weight excluding hydrogens is 318 g/mol. The van der Waals surface area contributed by atoms with Crippen molar-refractivity contribution < 1.29 is 19.3 Å². The van der Waals surface area contributed by atoms with Crippen LogP contribution in [-0.2, 0) is 16.1 Å². The van der Waals surface area contributed by atoms with Gasteiger partial charge in [-0.2, -0.15) is 0 Å². The monoisotopic (exact) mass is 342 g/mol. The molecule has 1 fully saturated rings. The molecule has 132 valence electrons. The van der Waals surface area contributed by atoms with Crippen LogP contribution in [0.15, 0.2) is 36.4 Å². The molecular formula is C19H24N3O3+. The second kappa shape index (κ2) is 7.19. The Balaban J connectivity index is 1.61. The fourth-order valence-corrected chi connectivity index (χ4v) is 3.62. The summed E-state index contributed by atoms with van der Waals surface area (Å²) in [6, 6.07) is 7.39. The molecule has 0 spiro atoms. The van der Waals surface area contributed by atoms with Gasteiger partial charge in [0.1, 0.15) is 6.54 Å². The first-order valence-corrected chi connectivity index (χ1v) is 8.63. The first-order chi connectivity index (χ1) is 12.0. The standard InChI is InChI=1S/C19H23N3O3/c1-20-17(23)14-9-7-13(8-10-14)11-21(2)12-22-18(24)15-5-3-4-6-16(15)19(22)25/h3-4,7-10,15-16H,5-6,11-12H2,1-2H3,(H,20,23)/p+1/t15-,16+. The number of nitrogens with one attached hydrogen (secondary N) is 2. The number of allylic oxidation sites excluding steroid dienone is 2. The lowest BCUT2D eigenvalue weighted by molar-refractivity contribution is -0.901. The number of hydrogen-bond donors (Lipinski definition) is 2. The molecule has 2 N–H and O–H groups in total. The topological polar surface area (TPSA) is 70.9 Å². The Morgan fingerprint density at radius 3 is 2.20 bits per heavy atom. The fraction of sp³-hybridized carbons (Fsp3) is 0.421. The highest BCUT2D eigenvalue weighted by molar-refractivity contribution is 6.05. The molecule has 3 rings (SSSR count). The van der Waals surface area contributed by atoms with Crippen molar-refractivity contribution in [3.63, 3.8) is 0 Å². The van der Waals surface area contributed by atoms with Gasteiger partial charge in [-0.1, -0.05) is 24.3 Å². The van der Waals surface area contributed by atoms with Crippen LogP contribution in [0.2, 0.25) is 0 Å². The van der Waals surface area contributed by atoms with E-state index in [4.69, 9.17) is 0 Å². The van der Waals surface area contributed by atoms with Gasteiger partial charge in [0.2, 0.25) is 11.8 Å². The van der Waals surface area contributed by atoms with Crippen molar-refractivity contribution in [3.05, 3.63) is 47.5 Å². The molecule has 0 radical (unpaired) electrons. The molecule has 2 aliphatic rings. The van der Waals surface area contributed by atoms with Crippen LogP contribution in [0.3, 0.4) is 0 Å². The zero-order chi connectivity index (χ0) is 18.0. The van der Waals surface area contributed by atoms with E-state index in [9.17, 15) is 14.4 Å². The predicted octanol–water partition coefficient (Wildman–Crippen LogP) is -0.0304. The van der Waals surface area contributed by atoms with E-state index in [0.29, 0.717) is 31.6 Å². The second-order valence-electron chi connectivity index (χ2n) is 6.83. The largest absolute Gasteiger partial charge is 0.355 e.